The van der Waals surface area contributed by atoms with Crippen LogP contribution in [0.1, 0.15) is 11.8 Å². The van der Waals surface area contributed by atoms with Crippen LogP contribution in [0, 0.1) is 0 Å². The molecule has 0 aliphatic carbocycles. The summed E-state index contributed by atoms with van der Waals surface area (Å²) in [7, 11) is 1.61. The number of hydrogen-bond donors (Lipinski definition) is 1. The van der Waals surface area contributed by atoms with Crippen molar-refractivity contribution in [1.29, 1.82) is 0 Å². The van der Waals surface area contributed by atoms with Gasteiger partial charge in [-0.3, -0.25) is 0 Å². The third kappa shape index (κ3) is 3.06. The minimum Gasteiger partial charge on any atom is -0.390 e. The van der Waals surface area contributed by atoms with Gasteiger partial charge < -0.3 is 9.84 Å². The number of hydrogen-bond acceptors (Lipinski definition) is 3. The monoisotopic (exact) mass is 264 g/mol. The first-order valence-electron chi connectivity index (χ1n) is 4.08. The lowest BCUT2D eigenvalue weighted by molar-refractivity contribution is 0.000723. The van der Waals surface area contributed by atoms with Crippen molar-refractivity contribution in [3.8, 4) is 0 Å². The van der Waals surface area contributed by atoms with Crippen LogP contribution in [0.2, 0.25) is 0 Å². The number of methoxy groups -OCH3 is 1. The molecule has 0 aliphatic heterocycles. The first-order valence-corrected chi connectivity index (χ1v) is 5.75. The van der Waals surface area contributed by atoms with Gasteiger partial charge >= 0.3 is 0 Å². The van der Waals surface area contributed by atoms with Crippen molar-refractivity contribution in [3.63, 3.8) is 0 Å². The maximum atomic E-state index is 9.67. The molecule has 0 radical (unpaired) electrons. The molecule has 74 valence electrons. The fraction of sp³-hybridized carbons (Fsp3) is 0.556. The van der Waals surface area contributed by atoms with Crippen LogP contribution in [-0.2, 0) is 11.2 Å². The van der Waals surface area contributed by atoms with E-state index in [0.717, 1.165) is 9.35 Å². The Morgan fingerprint density at radius 1 is 1.69 bits per heavy atom. The molecule has 0 aromatic carbocycles. The van der Waals surface area contributed by atoms with E-state index in [9.17, 15) is 5.11 Å². The average molecular weight is 265 g/mol. The quantitative estimate of drug-likeness (QED) is 0.906. The Kier molecular flexibility index (Phi) is 4.38. The van der Waals surface area contributed by atoms with Gasteiger partial charge in [0.05, 0.1) is 12.2 Å². The first-order chi connectivity index (χ1) is 6.15. The highest BCUT2D eigenvalue weighted by molar-refractivity contribution is 9.10. The Labute approximate surface area is 90.7 Å². The molecule has 0 saturated heterocycles. The van der Waals surface area contributed by atoms with Crippen molar-refractivity contribution in [2.24, 2.45) is 0 Å². The highest BCUT2D eigenvalue weighted by Crippen LogP contribution is 2.24. The molecule has 2 nitrogen and oxygen atoms in total. The predicted molar refractivity (Wildman–Crippen MR) is 58.2 cm³/mol. The van der Waals surface area contributed by atoms with Crippen LogP contribution in [0.25, 0.3) is 0 Å². The van der Waals surface area contributed by atoms with Gasteiger partial charge in [0, 0.05) is 22.9 Å². The number of rotatable bonds is 4. The van der Waals surface area contributed by atoms with Crippen molar-refractivity contribution in [2.75, 3.05) is 7.11 Å². The van der Waals surface area contributed by atoms with Gasteiger partial charge in [-0.1, -0.05) is 0 Å². The summed E-state index contributed by atoms with van der Waals surface area (Å²) in [6, 6.07) is 1.99. The minimum absolute atomic E-state index is 0.117. The Balaban J connectivity index is 2.54. The minimum atomic E-state index is -0.431. The molecule has 0 saturated carbocycles. The standard InChI is InChI=1S/C9H13BrO2S/c1-6(12-2)8(11)5-9-7(10)3-4-13-9/h3-4,6,8,11H,5H2,1-2H3. The van der Waals surface area contributed by atoms with Crippen LogP contribution in [0.3, 0.4) is 0 Å². The van der Waals surface area contributed by atoms with Gasteiger partial charge in [0.25, 0.3) is 0 Å². The molecule has 2 unspecified atom stereocenters. The molecule has 0 spiro atoms. The van der Waals surface area contributed by atoms with E-state index in [1.54, 1.807) is 18.4 Å². The molecule has 1 rings (SSSR count). The molecule has 0 bridgehead atoms. The number of aliphatic hydroxyl groups is 1. The van der Waals surface area contributed by atoms with E-state index in [-0.39, 0.29) is 6.10 Å². The Hall–Kier alpha value is 0.100. The molecule has 1 N–H and O–H groups in total. The van der Waals surface area contributed by atoms with Crippen molar-refractivity contribution < 1.29 is 9.84 Å². The normalized spacial score (nSPS) is 15.7. The zero-order valence-electron chi connectivity index (χ0n) is 7.66. The highest BCUT2D eigenvalue weighted by atomic mass is 79.9. The summed E-state index contributed by atoms with van der Waals surface area (Å²) in [4.78, 5) is 1.16. The SMILES string of the molecule is COC(C)C(O)Cc1sccc1Br. The maximum absolute atomic E-state index is 9.67. The predicted octanol–water partition coefficient (Wildman–Crippen LogP) is 2.45. The Morgan fingerprint density at radius 3 is 2.85 bits per heavy atom. The van der Waals surface area contributed by atoms with Gasteiger partial charge in [-0.25, -0.2) is 0 Å². The second kappa shape index (κ2) is 5.10. The maximum Gasteiger partial charge on any atom is 0.0847 e. The second-order valence-corrected chi connectivity index (χ2v) is 4.76. The van der Waals surface area contributed by atoms with Crippen LogP contribution in [0.4, 0.5) is 0 Å². The average Bonchev–Trinajstić information content (AvgIpc) is 2.50. The molecule has 2 atom stereocenters. The van der Waals surface area contributed by atoms with Crippen LogP contribution in [0.5, 0.6) is 0 Å². The fourth-order valence-electron chi connectivity index (χ4n) is 0.984. The van der Waals surface area contributed by atoms with Crippen molar-refractivity contribution >= 4 is 27.3 Å². The molecule has 4 heteroatoms. The number of thiophene rings is 1. The summed E-state index contributed by atoms with van der Waals surface area (Å²) in [5.74, 6) is 0. The second-order valence-electron chi connectivity index (χ2n) is 2.90. The van der Waals surface area contributed by atoms with Gasteiger partial charge in [-0.05, 0) is 34.3 Å². The van der Waals surface area contributed by atoms with Gasteiger partial charge in [-0.2, -0.15) is 0 Å². The van der Waals surface area contributed by atoms with Gasteiger partial charge in [0.2, 0.25) is 0 Å². The summed E-state index contributed by atoms with van der Waals surface area (Å²) in [5.41, 5.74) is 0. The summed E-state index contributed by atoms with van der Waals surface area (Å²) >= 11 is 5.07. The van der Waals surface area contributed by atoms with E-state index in [4.69, 9.17) is 4.74 Å². The summed E-state index contributed by atoms with van der Waals surface area (Å²) in [6.07, 6.45) is 0.0988. The van der Waals surface area contributed by atoms with Crippen LogP contribution in [-0.4, -0.2) is 24.4 Å². The van der Waals surface area contributed by atoms with E-state index < -0.39 is 6.10 Å². The lowest BCUT2D eigenvalue weighted by Gasteiger charge is -2.16. The fourth-order valence-corrected chi connectivity index (χ4v) is 2.55. The summed E-state index contributed by atoms with van der Waals surface area (Å²) < 4.78 is 6.11. The number of ether oxygens (including phenoxy) is 1. The van der Waals surface area contributed by atoms with E-state index in [2.05, 4.69) is 15.9 Å². The van der Waals surface area contributed by atoms with E-state index in [1.807, 2.05) is 18.4 Å². The zero-order valence-corrected chi connectivity index (χ0v) is 10.1. The van der Waals surface area contributed by atoms with E-state index in [0.29, 0.717) is 6.42 Å². The molecule has 1 aromatic heterocycles. The lowest BCUT2D eigenvalue weighted by Crippen LogP contribution is -2.26. The van der Waals surface area contributed by atoms with Crippen LogP contribution in [0.15, 0.2) is 15.9 Å². The summed E-state index contributed by atoms with van der Waals surface area (Å²) in [6.45, 7) is 1.87. The van der Waals surface area contributed by atoms with E-state index >= 15 is 0 Å². The smallest absolute Gasteiger partial charge is 0.0847 e. The molecule has 13 heavy (non-hydrogen) atoms. The molecular weight excluding hydrogens is 252 g/mol. The zero-order chi connectivity index (χ0) is 9.84. The highest BCUT2D eigenvalue weighted by Gasteiger charge is 2.15. The third-order valence-corrected chi connectivity index (χ3v) is 3.95. The number of halogens is 1. The van der Waals surface area contributed by atoms with Crippen molar-refractivity contribution in [3.05, 3.63) is 20.8 Å². The Bertz CT molecular complexity index is 262. The molecule has 1 aromatic rings. The number of aliphatic hydroxyl groups excluding tert-OH is 1. The first kappa shape index (κ1) is 11.2. The topological polar surface area (TPSA) is 29.5 Å². The van der Waals surface area contributed by atoms with Gasteiger partial charge in [0.1, 0.15) is 0 Å². The summed E-state index contributed by atoms with van der Waals surface area (Å²) in [5, 5.41) is 11.7. The lowest BCUT2D eigenvalue weighted by atomic mass is 10.1. The molecular formula is C9H13BrO2S. The molecule has 1 heterocycles. The molecule has 0 aliphatic rings. The van der Waals surface area contributed by atoms with Crippen molar-refractivity contribution in [1.82, 2.24) is 0 Å². The molecule has 0 amide bonds. The van der Waals surface area contributed by atoms with Gasteiger partial charge in [-0.15, -0.1) is 11.3 Å². The van der Waals surface area contributed by atoms with Gasteiger partial charge in [0.15, 0.2) is 0 Å². The van der Waals surface area contributed by atoms with Crippen LogP contribution < -0.4 is 0 Å². The third-order valence-electron chi connectivity index (χ3n) is 2.00. The van der Waals surface area contributed by atoms with Crippen molar-refractivity contribution in [2.45, 2.75) is 25.6 Å². The van der Waals surface area contributed by atoms with Crippen LogP contribution >= 0.6 is 27.3 Å². The molecule has 0 fully saturated rings. The Morgan fingerprint density at radius 2 is 2.38 bits per heavy atom. The largest absolute Gasteiger partial charge is 0.390 e. The van der Waals surface area contributed by atoms with E-state index in [1.165, 1.54) is 0 Å².